The number of hydrogen-bond acceptors (Lipinski definition) is 5. The molecule has 7 nitrogen and oxygen atoms in total. The highest BCUT2D eigenvalue weighted by atomic mass is 32.1. The molecule has 0 aliphatic carbocycles. The van der Waals surface area contributed by atoms with E-state index in [-0.39, 0.29) is 10.5 Å². The van der Waals surface area contributed by atoms with Gasteiger partial charge in [-0.25, -0.2) is 13.9 Å². The predicted octanol–water partition coefficient (Wildman–Crippen LogP) is 2.67. The first-order valence-electron chi connectivity index (χ1n) is 5.23. The average molecular weight is 299 g/mol. The molecule has 0 saturated heterocycles. The fourth-order valence-corrected chi connectivity index (χ4v) is 1.59. The van der Waals surface area contributed by atoms with Gasteiger partial charge in [0, 0.05) is 17.7 Å². The van der Waals surface area contributed by atoms with E-state index >= 15 is 0 Å². The smallest absolute Gasteiger partial charge is 0.258 e. The second-order valence-corrected chi connectivity index (χ2v) is 3.98. The van der Waals surface area contributed by atoms with E-state index in [0.29, 0.717) is 5.56 Å². The van der Waals surface area contributed by atoms with Crippen LogP contribution in [0.3, 0.4) is 0 Å². The van der Waals surface area contributed by atoms with E-state index < -0.39 is 17.2 Å². The van der Waals surface area contributed by atoms with Crippen LogP contribution in [0, 0.1) is 14.9 Å². The van der Waals surface area contributed by atoms with Gasteiger partial charge in [-0.05, 0) is 12.2 Å². The fourth-order valence-electron chi connectivity index (χ4n) is 1.40. The van der Waals surface area contributed by atoms with E-state index in [1.54, 1.807) is 6.07 Å². The molecular weight excluding hydrogens is 292 g/mol. The minimum absolute atomic E-state index is 0.0954. The van der Waals surface area contributed by atoms with E-state index in [4.69, 9.17) is 12.2 Å². The van der Waals surface area contributed by atoms with Gasteiger partial charge in [-0.1, -0.05) is 12.1 Å². The van der Waals surface area contributed by atoms with Gasteiger partial charge in [0.15, 0.2) is 0 Å². The molecular formula is C10H7F2N5O2S. The van der Waals surface area contributed by atoms with Gasteiger partial charge in [-0.2, -0.15) is 14.9 Å². The Balaban J connectivity index is 2.35. The molecule has 0 aliphatic rings. The highest BCUT2D eigenvalue weighted by Crippen LogP contribution is 2.16. The second-order valence-electron chi connectivity index (χ2n) is 3.60. The molecule has 2 aromatic rings. The molecule has 1 aromatic carbocycles. The summed E-state index contributed by atoms with van der Waals surface area (Å²) in [6, 6.07) is 5.57. The minimum Gasteiger partial charge on any atom is -0.258 e. The molecule has 10 heteroatoms. The Hall–Kier alpha value is -2.49. The Morgan fingerprint density at radius 3 is 2.95 bits per heavy atom. The molecule has 1 heterocycles. The van der Waals surface area contributed by atoms with Crippen molar-refractivity contribution in [2.75, 3.05) is 0 Å². The number of rotatable bonds is 4. The third-order valence-electron chi connectivity index (χ3n) is 2.27. The lowest BCUT2D eigenvalue weighted by molar-refractivity contribution is -0.384. The summed E-state index contributed by atoms with van der Waals surface area (Å²) in [4.78, 5) is 10.0. The number of benzene rings is 1. The summed E-state index contributed by atoms with van der Waals surface area (Å²) in [6.07, 6.45) is -1.66. The van der Waals surface area contributed by atoms with Crippen molar-refractivity contribution >= 4 is 24.1 Å². The summed E-state index contributed by atoms with van der Waals surface area (Å²) in [5.74, 6) is -0.628. The normalized spacial score (nSPS) is 11.3. The van der Waals surface area contributed by atoms with Crippen LogP contribution in [0.2, 0.25) is 0 Å². The van der Waals surface area contributed by atoms with E-state index in [1.807, 2.05) is 0 Å². The maximum absolute atomic E-state index is 12.6. The average Bonchev–Trinajstić information content (AvgIpc) is 2.78. The van der Waals surface area contributed by atoms with Crippen molar-refractivity contribution in [1.29, 1.82) is 0 Å². The molecule has 2 rings (SSSR count). The van der Waals surface area contributed by atoms with Crippen molar-refractivity contribution in [2.45, 2.75) is 6.43 Å². The SMILES string of the molecule is O=[N+]([O-])c1cccc(C=Nn2c(C(F)F)n[nH]c2=S)c1. The topological polar surface area (TPSA) is 89.1 Å². The lowest BCUT2D eigenvalue weighted by atomic mass is 10.2. The highest BCUT2D eigenvalue weighted by Gasteiger charge is 2.16. The lowest BCUT2D eigenvalue weighted by Gasteiger charge is -1.98. The van der Waals surface area contributed by atoms with E-state index in [9.17, 15) is 18.9 Å². The van der Waals surface area contributed by atoms with Crippen LogP contribution in [0.1, 0.15) is 17.8 Å². The molecule has 1 N–H and O–H groups in total. The monoisotopic (exact) mass is 299 g/mol. The van der Waals surface area contributed by atoms with Crippen molar-refractivity contribution in [1.82, 2.24) is 14.9 Å². The van der Waals surface area contributed by atoms with Gasteiger partial charge in [0.2, 0.25) is 10.6 Å². The minimum atomic E-state index is -2.84. The van der Waals surface area contributed by atoms with Crippen molar-refractivity contribution < 1.29 is 13.7 Å². The summed E-state index contributed by atoms with van der Waals surface area (Å²) in [5.41, 5.74) is 0.251. The number of nitrogens with one attached hydrogen (secondary N) is 1. The number of nitro benzene ring substituents is 1. The number of hydrogen-bond donors (Lipinski definition) is 1. The van der Waals surface area contributed by atoms with Crippen molar-refractivity contribution in [3.05, 3.63) is 50.5 Å². The summed E-state index contributed by atoms with van der Waals surface area (Å²) < 4.78 is 25.9. The van der Waals surface area contributed by atoms with Crippen LogP contribution in [0.25, 0.3) is 0 Å². The van der Waals surface area contributed by atoms with Gasteiger partial charge in [-0.15, -0.1) is 0 Å². The number of non-ortho nitro benzene ring substituents is 1. The lowest BCUT2D eigenvalue weighted by Crippen LogP contribution is -1.99. The first-order valence-corrected chi connectivity index (χ1v) is 5.64. The van der Waals surface area contributed by atoms with Crippen LogP contribution in [0.5, 0.6) is 0 Å². The molecule has 0 atom stereocenters. The van der Waals surface area contributed by atoms with Crippen LogP contribution in [-0.2, 0) is 0 Å². The van der Waals surface area contributed by atoms with Crippen LogP contribution in [0.4, 0.5) is 14.5 Å². The molecule has 0 bridgehead atoms. The first kappa shape index (κ1) is 13.9. The van der Waals surface area contributed by atoms with E-state index in [2.05, 4.69) is 15.3 Å². The summed E-state index contributed by atoms with van der Waals surface area (Å²) >= 11 is 4.76. The van der Waals surface area contributed by atoms with Gasteiger partial charge in [0.25, 0.3) is 12.1 Å². The molecule has 104 valence electrons. The van der Waals surface area contributed by atoms with Gasteiger partial charge < -0.3 is 0 Å². The van der Waals surface area contributed by atoms with Gasteiger partial charge >= 0.3 is 0 Å². The number of halogens is 2. The van der Waals surface area contributed by atoms with E-state index in [1.165, 1.54) is 24.4 Å². The maximum Gasteiger partial charge on any atom is 0.299 e. The number of H-pyrrole nitrogens is 1. The second kappa shape index (κ2) is 5.65. The number of aromatic amines is 1. The molecule has 0 fully saturated rings. The highest BCUT2D eigenvalue weighted by molar-refractivity contribution is 7.71. The maximum atomic E-state index is 12.6. The number of alkyl halides is 2. The summed E-state index contributed by atoms with van der Waals surface area (Å²) in [7, 11) is 0. The van der Waals surface area contributed by atoms with Crippen LogP contribution in [-0.4, -0.2) is 26.0 Å². The largest absolute Gasteiger partial charge is 0.299 e. The number of nitro groups is 1. The Morgan fingerprint density at radius 2 is 2.30 bits per heavy atom. The number of nitrogens with zero attached hydrogens (tertiary/aromatic N) is 4. The van der Waals surface area contributed by atoms with Crippen LogP contribution >= 0.6 is 12.2 Å². The zero-order chi connectivity index (χ0) is 14.7. The Kier molecular flexibility index (Phi) is 3.94. The zero-order valence-corrected chi connectivity index (χ0v) is 10.6. The van der Waals surface area contributed by atoms with Crippen molar-refractivity contribution in [2.24, 2.45) is 5.10 Å². The van der Waals surface area contributed by atoms with Gasteiger partial charge in [-0.3, -0.25) is 10.1 Å². The molecule has 0 amide bonds. The third kappa shape index (κ3) is 2.91. The third-order valence-corrected chi connectivity index (χ3v) is 2.54. The molecule has 20 heavy (non-hydrogen) atoms. The Bertz CT molecular complexity index is 724. The Labute approximate surface area is 115 Å². The molecule has 0 spiro atoms. The van der Waals surface area contributed by atoms with Crippen LogP contribution < -0.4 is 0 Å². The molecule has 0 aliphatic heterocycles. The van der Waals surface area contributed by atoms with Crippen LogP contribution in [0.15, 0.2) is 29.4 Å². The molecule has 0 radical (unpaired) electrons. The van der Waals surface area contributed by atoms with E-state index in [0.717, 1.165) is 4.68 Å². The number of aromatic nitrogens is 3. The van der Waals surface area contributed by atoms with Gasteiger partial charge in [0.05, 0.1) is 11.1 Å². The van der Waals surface area contributed by atoms with Crippen molar-refractivity contribution in [3.63, 3.8) is 0 Å². The van der Waals surface area contributed by atoms with Crippen molar-refractivity contribution in [3.8, 4) is 0 Å². The molecule has 1 aromatic heterocycles. The summed E-state index contributed by atoms with van der Waals surface area (Å²) in [5, 5.41) is 19.9. The summed E-state index contributed by atoms with van der Waals surface area (Å²) in [6.45, 7) is 0. The standard InChI is InChI=1S/C10H7F2N5O2S/c11-8(12)9-14-15-10(20)16(9)13-5-6-2-1-3-7(4-6)17(18)19/h1-5,8H,(H,15,20). The quantitative estimate of drug-likeness (QED) is 0.407. The molecule has 0 saturated carbocycles. The molecule has 0 unspecified atom stereocenters. The Morgan fingerprint density at radius 1 is 1.55 bits per heavy atom. The fraction of sp³-hybridized carbons (Fsp3) is 0.100. The van der Waals surface area contributed by atoms with Gasteiger partial charge in [0.1, 0.15) is 0 Å². The zero-order valence-electron chi connectivity index (χ0n) is 9.73. The predicted molar refractivity (Wildman–Crippen MR) is 68.5 cm³/mol. The first-order chi connectivity index (χ1) is 9.49.